The second kappa shape index (κ2) is 4.89. The monoisotopic (exact) mass is 256 g/mol. The Kier molecular flexibility index (Phi) is 3.51. The molecule has 86 valence electrons. The van der Waals surface area contributed by atoms with Crippen LogP contribution >= 0.6 is 23.8 Å². The smallest absolute Gasteiger partial charge is 0.142 e. The average Bonchev–Trinajstić information content (AvgIpc) is 2.26. The van der Waals surface area contributed by atoms with Gasteiger partial charge in [-0.05, 0) is 18.2 Å². The Balaban J connectivity index is 2.18. The molecule has 1 aliphatic rings. The van der Waals surface area contributed by atoms with E-state index in [4.69, 9.17) is 34.3 Å². The van der Waals surface area contributed by atoms with E-state index >= 15 is 0 Å². The number of fused-ring (bicyclic) bond motifs is 1. The molecule has 0 unspecified atom stereocenters. The van der Waals surface area contributed by atoms with Gasteiger partial charge in [0.25, 0.3) is 0 Å². The van der Waals surface area contributed by atoms with Crippen molar-refractivity contribution in [3.05, 3.63) is 23.2 Å². The maximum absolute atomic E-state index is 5.97. The number of thiocarbonyl (C=S) groups is 1. The maximum Gasteiger partial charge on any atom is 0.142 e. The Morgan fingerprint density at radius 3 is 3.12 bits per heavy atom. The number of benzene rings is 1. The van der Waals surface area contributed by atoms with Gasteiger partial charge in [0.15, 0.2) is 0 Å². The van der Waals surface area contributed by atoms with Crippen LogP contribution in [0.2, 0.25) is 5.02 Å². The molecule has 2 rings (SSSR count). The highest BCUT2D eigenvalue weighted by atomic mass is 35.5. The van der Waals surface area contributed by atoms with E-state index in [1.807, 2.05) is 18.2 Å². The minimum absolute atomic E-state index is 0.537. The first-order valence-corrected chi connectivity index (χ1v) is 5.91. The van der Waals surface area contributed by atoms with E-state index in [1.54, 1.807) is 0 Å². The standard InChI is InChI=1S/C11H13ClN2OS/c12-8-1-2-10-9(7-8)14(5-6-15-10)4-3-11(13)16/h1-2,7H,3-6H2,(H2,13,16). The van der Waals surface area contributed by atoms with Crippen LogP contribution in [0.15, 0.2) is 18.2 Å². The van der Waals surface area contributed by atoms with Crippen LogP contribution in [0.4, 0.5) is 5.69 Å². The molecule has 1 aromatic rings. The number of ether oxygens (including phenoxy) is 1. The molecule has 0 amide bonds. The van der Waals surface area contributed by atoms with Crippen molar-refractivity contribution in [3.63, 3.8) is 0 Å². The summed E-state index contributed by atoms with van der Waals surface area (Å²) < 4.78 is 5.55. The highest BCUT2D eigenvalue weighted by Crippen LogP contribution is 2.33. The molecular weight excluding hydrogens is 244 g/mol. The van der Waals surface area contributed by atoms with Gasteiger partial charge in [-0.15, -0.1) is 0 Å². The van der Waals surface area contributed by atoms with Crippen molar-refractivity contribution in [2.75, 3.05) is 24.6 Å². The fraction of sp³-hybridized carbons (Fsp3) is 0.364. The van der Waals surface area contributed by atoms with Gasteiger partial charge in [-0.3, -0.25) is 0 Å². The highest BCUT2D eigenvalue weighted by Gasteiger charge is 2.17. The van der Waals surface area contributed by atoms with Crippen molar-refractivity contribution in [3.8, 4) is 5.75 Å². The topological polar surface area (TPSA) is 38.5 Å². The lowest BCUT2D eigenvalue weighted by atomic mass is 10.2. The molecule has 0 saturated carbocycles. The van der Waals surface area contributed by atoms with Gasteiger partial charge < -0.3 is 15.4 Å². The van der Waals surface area contributed by atoms with E-state index in [0.29, 0.717) is 23.0 Å². The zero-order valence-corrected chi connectivity index (χ0v) is 10.4. The first-order valence-electron chi connectivity index (χ1n) is 5.12. The van der Waals surface area contributed by atoms with Crippen LogP contribution in [0.1, 0.15) is 6.42 Å². The highest BCUT2D eigenvalue weighted by molar-refractivity contribution is 7.80. The molecule has 0 atom stereocenters. The molecule has 3 nitrogen and oxygen atoms in total. The van der Waals surface area contributed by atoms with E-state index in [9.17, 15) is 0 Å². The fourth-order valence-electron chi connectivity index (χ4n) is 1.72. The zero-order chi connectivity index (χ0) is 11.5. The third-order valence-corrected chi connectivity index (χ3v) is 2.95. The summed E-state index contributed by atoms with van der Waals surface area (Å²) >= 11 is 10.9. The lowest BCUT2D eigenvalue weighted by Gasteiger charge is -2.31. The van der Waals surface area contributed by atoms with Gasteiger partial charge in [-0.1, -0.05) is 23.8 Å². The fourth-order valence-corrected chi connectivity index (χ4v) is 1.98. The Morgan fingerprint density at radius 2 is 2.38 bits per heavy atom. The van der Waals surface area contributed by atoms with Gasteiger partial charge in [0.05, 0.1) is 17.2 Å². The van der Waals surface area contributed by atoms with Crippen LogP contribution in [-0.2, 0) is 0 Å². The van der Waals surface area contributed by atoms with Gasteiger partial charge in [-0.2, -0.15) is 0 Å². The Labute approximate surface area is 105 Å². The van der Waals surface area contributed by atoms with E-state index in [-0.39, 0.29) is 0 Å². The van der Waals surface area contributed by atoms with Crippen LogP contribution in [0, 0.1) is 0 Å². The maximum atomic E-state index is 5.97. The van der Waals surface area contributed by atoms with Crippen LogP contribution < -0.4 is 15.4 Å². The predicted octanol–water partition coefficient (Wildman–Crippen LogP) is 2.21. The number of nitrogens with two attached hydrogens (primary N) is 1. The third-order valence-electron chi connectivity index (χ3n) is 2.51. The second-order valence-electron chi connectivity index (χ2n) is 3.66. The molecular formula is C11H13ClN2OS. The van der Waals surface area contributed by atoms with Gasteiger partial charge in [0.2, 0.25) is 0 Å². The first kappa shape index (κ1) is 11.5. The van der Waals surface area contributed by atoms with Crippen molar-refractivity contribution in [1.29, 1.82) is 0 Å². The van der Waals surface area contributed by atoms with E-state index in [1.165, 1.54) is 0 Å². The quantitative estimate of drug-likeness (QED) is 0.842. The Hall–Kier alpha value is -1.00. The Bertz CT molecular complexity index is 411. The predicted molar refractivity (Wildman–Crippen MR) is 70.6 cm³/mol. The van der Waals surface area contributed by atoms with E-state index in [0.717, 1.165) is 24.5 Å². The molecule has 0 bridgehead atoms. The van der Waals surface area contributed by atoms with Crippen LogP contribution in [0.3, 0.4) is 0 Å². The summed E-state index contributed by atoms with van der Waals surface area (Å²) in [6.45, 7) is 2.34. The van der Waals surface area contributed by atoms with Crippen LogP contribution in [0.5, 0.6) is 5.75 Å². The van der Waals surface area contributed by atoms with Crippen molar-refractivity contribution in [1.82, 2.24) is 0 Å². The van der Waals surface area contributed by atoms with Gasteiger partial charge in [-0.25, -0.2) is 0 Å². The summed E-state index contributed by atoms with van der Waals surface area (Å²) in [5.74, 6) is 0.874. The molecule has 0 radical (unpaired) electrons. The van der Waals surface area contributed by atoms with Gasteiger partial charge >= 0.3 is 0 Å². The van der Waals surface area contributed by atoms with Gasteiger partial charge in [0.1, 0.15) is 12.4 Å². The molecule has 1 aromatic carbocycles. The summed E-state index contributed by atoms with van der Waals surface area (Å²) in [7, 11) is 0. The molecule has 16 heavy (non-hydrogen) atoms. The van der Waals surface area contributed by atoms with Crippen molar-refractivity contribution < 1.29 is 4.74 Å². The molecule has 1 heterocycles. The molecule has 0 saturated heterocycles. The van der Waals surface area contributed by atoms with Crippen molar-refractivity contribution >= 4 is 34.5 Å². The van der Waals surface area contributed by atoms with E-state index < -0.39 is 0 Å². The number of rotatable bonds is 3. The largest absolute Gasteiger partial charge is 0.490 e. The summed E-state index contributed by atoms with van der Waals surface area (Å²) in [6.07, 6.45) is 0.710. The molecule has 2 N–H and O–H groups in total. The molecule has 0 fully saturated rings. The zero-order valence-electron chi connectivity index (χ0n) is 8.78. The van der Waals surface area contributed by atoms with Crippen LogP contribution in [0.25, 0.3) is 0 Å². The minimum atomic E-state index is 0.537. The first-order chi connectivity index (χ1) is 7.66. The van der Waals surface area contributed by atoms with Gasteiger partial charge in [0, 0.05) is 18.0 Å². The summed E-state index contributed by atoms with van der Waals surface area (Å²) in [6, 6.07) is 5.64. The number of halogens is 1. The average molecular weight is 257 g/mol. The number of hydrogen-bond acceptors (Lipinski definition) is 3. The number of hydrogen-bond donors (Lipinski definition) is 1. The summed E-state index contributed by atoms with van der Waals surface area (Å²) in [5, 5.41) is 0.713. The number of nitrogens with zero attached hydrogens (tertiary/aromatic N) is 1. The Morgan fingerprint density at radius 1 is 1.56 bits per heavy atom. The molecule has 0 spiro atoms. The minimum Gasteiger partial charge on any atom is -0.490 e. The summed E-state index contributed by atoms with van der Waals surface area (Å²) in [4.78, 5) is 2.74. The molecule has 0 aliphatic carbocycles. The van der Waals surface area contributed by atoms with Crippen molar-refractivity contribution in [2.45, 2.75) is 6.42 Å². The van der Waals surface area contributed by atoms with Crippen molar-refractivity contribution in [2.24, 2.45) is 5.73 Å². The van der Waals surface area contributed by atoms with E-state index in [2.05, 4.69) is 4.90 Å². The second-order valence-corrected chi connectivity index (χ2v) is 4.62. The lowest BCUT2D eigenvalue weighted by molar-refractivity contribution is 0.308. The molecule has 0 aromatic heterocycles. The number of anilines is 1. The normalized spacial score (nSPS) is 14.2. The summed E-state index contributed by atoms with van der Waals surface area (Å²) in [5.41, 5.74) is 6.53. The molecule has 1 aliphatic heterocycles. The molecule has 5 heteroatoms. The third kappa shape index (κ3) is 2.57. The lowest BCUT2D eigenvalue weighted by Crippen LogP contribution is -2.34. The van der Waals surface area contributed by atoms with Crippen LogP contribution in [-0.4, -0.2) is 24.7 Å². The SMILES string of the molecule is NC(=S)CCN1CCOc2ccc(Cl)cc21.